The van der Waals surface area contributed by atoms with Gasteiger partial charge in [0.25, 0.3) is 5.56 Å². The van der Waals surface area contributed by atoms with E-state index in [9.17, 15) is 19.2 Å². The average molecular weight is 523 g/mol. The maximum atomic E-state index is 13.1. The minimum absolute atomic E-state index is 0.00154. The molecule has 0 spiro atoms. The average Bonchev–Trinajstić information content (AvgIpc) is 3.59. The van der Waals surface area contributed by atoms with Crippen molar-refractivity contribution < 1.29 is 19.5 Å². The highest BCUT2D eigenvalue weighted by atomic mass is 16.4. The number of fused-ring (bicyclic) bond motifs is 1. The fraction of sp³-hybridized carbons (Fsp3) is 0.400. The first-order valence-electron chi connectivity index (χ1n) is 12.3. The Morgan fingerprint density at radius 2 is 2.08 bits per heavy atom. The molecule has 3 aromatic heterocycles. The van der Waals surface area contributed by atoms with Crippen molar-refractivity contribution in [3.63, 3.8) is 0 Å². The molecule has 1 unspecified atom stereocenters. The zero-order valence-corrected chi connectivity index (χ0v) is 21.2. The molecule has 13 nitrogen and oxygen atoms in total. The third-order valence-electron chi connectivity index (χ3n) is 6.13. The molecule has 4 rings (SSSR count). The fourth-order valence-corrected chi connectivity index (χ4v) is 3.90. The van der Waals surface area contributed by atoms with Gasteiger partial charge in [0.2, 0.25) is 11.8 Å². The number of allylic oxidation sites excluding steroid dienone is 1. The molecular formula is C25H30N8O5. The predicted molar refractivity (Wildman–Crippen MR) is 139 cm³/mol. The number of anilines is 1. The molecule has 4 N–H and O–H groups in total. The Bertz CT molecular complexity index is 1420. The Kier molecular flexibility index (Phi) is 8.14. The van der Waals surface area contributed by atoms with Gasteiger partial charge in [-0.05, 0) is 56.2 Å². The minimum Gasteiger partial charge on any atom is -0.465 e. The number of aromatic nitrogens is 5. The molecule has 0 radical (unpaired) electrons. The van der Waals surface area contributed by atoms with E-state index >= 15 is 0 Å². The molecule has 3 amide bonds. The summed E-state index contributed by atoms with van der Waals surface area (Å²) in [4.78, 5) is 66.5. The van der Waals surface area contributed by atoms with Crippen LogP contribution in [0.15, 0.2) is 41.6 Å². The van der Waals surface area contributed by atoms with Crippen molar-refractivity contribution in [3.8, 4) is 0 Å². The standard InChI is InChI=1S/C25H30N8O5/c1-32(2)20(34)8-4-3-6-16(29-25(37)38)23(35)28-17-7-5-11-33(24(17)36)13-19-30-21-18(12-15-9-10-15)26-14-27-22(21)31-19/h4-5,7-8,11,14-16,29H,3,6,9-10,12-13H2,1-2H3,(H,28,35)(H,37,38)(H,26,27,30,31)/b8-4+. The number of H-pyrrole nitrogens is 1. The second kappa shape index (κ2) is 11.7. The summed E-state index contributed by atoms with van der Waals surface area (Å²) in [6.07, 6.45) is 8.21. The van der Waals surface area contributed by atoms with E-state index in [0.29, 0.717) is 17.4 Å². The Morgan fingerprint density at radius 1 is 1.29 bits per heavy atom. The molecule has 0 bridgehead atoms. The van der Waals surface area contributed by atoms with Gasteiger partial charge in [0.1, 0.15) is 29.4 Å². The van der Waals surface area contributed by atoms with Crippen LogP contribution >= 0.6 is 0 Å². The zero-order valence-electron chi connectivity index (χ0n) is 21.2. The van der Waals surface area contributed by atoms with Crippen LogP contribution in [0.1, 0.15) is 37.2 Å². The molecular weight excluding hydrogens is 492 g/mol. The summed E-state index contributed by atoms with van der Waals surface area (Å²) >= 11 is 0. The van der Waals surface area contributed by atoms with E-state index < -0.39 is 23.6 Å². The van der Waals surface area contributed by atoms with Crippen molar-refractivity contribution in [1.29, 1.82) is 0 Å². The number of pyridine rings is 1. The predicted octanol–water partition coefficient (Wildman–Crippen LogP) is 1.51. The van der Waals surface area contributed by atoms with E-state index in [1.807, 2.05) is 0 Å². The SMILES string of the molecule is CN(C)C(=O)/C=C/CCC(NC(=O)O)C(=O)Nc1cccn(Cc2nc3ncnc(CC4CC4)c3[nH]2)c1=O. The highest BCUT2D eigenvalue weighted by Gasteiger charge is 2.24. The molecule has 13 heteroatoms. The first kappa shape index (κ1) is 26.5. The summed E-state index contributed by atoms with van der Waals surface area (Å²) < 4.78 is 1.39. The normalized spacial score (nSPS) is 13.9. The topological polar surface area (TPSA) is 175 Å². The van der Waals surface area contributed by atoms with E-state index in [0.717, 1.165) is 17.6 Å². The van der Waals surface area contributed by atoms with E-state index in [2.05, 4.69) is 30.6 Å². The Hall–Kier alpha value is -4.55. The monoisotopic (exact) mass is 522 g/mol. The second-order valence-corrected chi connectivity index (χ2v) is 9.41. The largest absolute Gasteiger partial charge is 0.465 e. The van der Waals surface area contributed by atoms with Gasteiger partial charge in [-0.15, -0.1) is 0 Å². The number of amides is 3. The van der Waals surface area contributed by atoms with E-state index in [1.165, 1.54) is 40.8 Å². The van der Waals surface area contributed by atoms with Gasteiger partial charge in [0, 0.05) is 20.3 Å². The number of nitrogens with one attached hydrogen (secondary N) is 3. The molecule has 1 atom stereocenters. The van der Waals surface area contributed by atoms with E-state index in [1.54, 1.807) is 32.4 Å². The molecule has 0 saturated heterocycles. The molecule has 1 saturated carbocycles. The quantitative estimate of drug-likeness (QED) is 0.274. The summed E-state index contributed by atoms with van der Waals surface area (Å²) in [5.74, 6) is 0.252. The van der Waals surface area contributed by atoms with Crippen LogP contribution in [-0.2, 0) is 22.6 Å². The van der Waals surface area contributed by atoms with Gasteiger partial charge < -0.3 is 30.2 Å². The van der Waals surface area contributed by atoms with Crippen LogP contribution in [0.3, 0.4) is 0 Å². The van der Waals surface area contributed by atoms with Gasteiger partial charge in [-0.1, -0.05) is 6.08 Å². The number of rotatable bonds is 11. The van der Waals surface area contributed by atoms with Crippen molar-refractivity contribution in [2.45, 2.75) is 44.7 Å². The van der Waals surface area contributed by atoms with Crippen LogP contribution in [0.25, 0.3) is 11.2 Å². The maximum absolute atomic E-state index is 13.1. The zero-order chi connectivity index (χ0) is 27.2. The molecule has 1 fully saturated rings. The van der Waals surface area contributed by atoms with Crippen molar-refractivity contribution in [3.05, 3.63) is 58.7 Å². The number of imidazole rings is 1. The van der Waals surface area contributed by atoms with Crippen LogP contribution in [-0.4, -0.2) is 72.6 Å². The Labute approximate surface area is 218 Å². The summed E-state index contributed by atoms with van der Waals surface area (Å²) in [6.45, 7) is 0.114. The summed E-state index contributed by atoms with van der Waals surface area (Å²) in [5.41, 5.74) is 1.72. The van der Waals surface area contributed by atoms with Crippen LogP contribution < -0.4 is 16.2 Å². The van der Waals surface area contributed by atoms with E-state index in [4.69, 9.17) is 5.11 Å². The summed E-state index contributed by atoms with van der Waals surface area (Å²) in [6, 6.07) is 1.92. The van der Waals surface area contributed by atoms with Crippen LogP contribution in [0, 0.1) is 5.92 Å². The van der Waals surface area contributed by atoms with Crippen molar-refractivity contribution in [2.24, 2.45) is 5.92 Å². The van der Waals surface area contributed by atoms with Gasteiger partial charge in [0.15, 0.2) is 5.65 Å². The van der Waals surface area contributed by atoms with Crippen molar-refractivity contribution in [1.82, 2.24) is 34.7 Å². The molecule has 0 aliphatic heterocycles. The van der Waals surface area contributed by atoms with Gasteiger partial charge in [0.05, 0.1) is 12.2 Å². The van der Waals surface area contributed by atoms with Crippen LogP contribution in [0.4, 0.5) is 10.5 Å². The summed E-state index contributed by atoms with van der Waals surface area (Å²) in [7, 11) is 3.21. The second-order valence-electron chi connectivity index (χ2n) is 9.41. The van der Waals surface area contributed by atoms with Crippen LogP contribution in [0.2, 0.25) is 0 Å². The first-order chi connectivity index (χ1) is 18.2. The van der Waals surface area contributed by atoms with E-state index in [-0.39, 0.29) is 31.0 Å². The third kappa shape index (κ3) is 6.81. The number of carbonyl (C=O) groups is 3. The number of aromatic amines is 1. The minimum atomic E-state index is -1.38. The number of likely N-dealkylation sites (N-methyl/N-ethyl adjacent to an activating group) is 1. The number of carboxylic acid groups (broad SMARTS) is 1. The molecule has 3 heterocycles. The number of hydrogen-bond donors (Lipinski definition) is 4. The summed E-state index contributed by atoms with van der Waals surface area (Å²) in [5, 5.41) is 13.8. The van der Waals surface area contributed by atoms with Crippen LogP contribution in [0.5, 0.6) is 0 Å². The lowest BCUT2D eigenvalue weighted by atomic mass is 10.1. The Morgan fingerprint density at radius 3 is 2.79 bits per heavy atom. The third-order valence-corrected chi connectivity index (χ3v) is 6.13. The number of carbonyl (C=O) groups excluding carboxylic acids is 2. The highest BCUT2D eigenvalue weighted by Crippen LogP contribution is 2.33. The van der Waals surface area contributed by atoms with Gasteiger partial charge in [-0.2, -0.15) is 0 Å². The lowest BCUT2D eigenvalue weighted by Crippen LogP contribution is -2.44. The van der Waals surface area contributed by atoms with Gasteiger partial charge in [-0.25, -0.2) is 19.7 Å². The fourth-order valence-electron chi connectivity index (χ4n) is 3.90. The molecule has 200 valence electrons. The molecule has 1 aliphatic rings. The number of nitrogens with zero attached hydrogens (tertiary/aromatic N) is 5. The first-order valence-corrected chi connectivity index (χ1v) is 12.3. The number of hydrogen-bond acceptors (Lipinski definition) is 7. The van der Waals surface area contributed by atoms with Crippen molar-refractivity contribution in [2.75, 3.05) is 19.4 Å². The van der Waals surface area contributed by atoms with Gasteiger partial charge in [-0.3, -0.25) is 14.4 Å². The molecule has 3 aromatic rings. The smallest absolute Gasteiger partial charge is 0.405 e. The molecule has 1 aliphatic carbocycles. The highest BCUT2D eigenvalue weighted by molar-refractivity contribution is 5.96. The lowest BCUT2D eigenvalue weighted by molar-refractivity contribution is -0.123. The molecule has 38 heavy (non-hydrogen) atoms. The maximum Gasteiger partial charge on any atom is 0.405 e. The molecule has 0 aromatic carbocycles. The van der Waals surface area contributed by atoms with Crippen molar-refractivity contribution >= 4 is 34.8 Å². The lowest BCUT2D eigenvalue weighted by Gasteiger charge is -2.16. The van der Waals surface area contributed by atoms with Gasteiger partial charge >= 0.3 is 6.09 Å². The Balaban J connectivity index is 1.45.